The van der Waals surface area contributed by atoms with Gasteiger partial charge in [-0.3, -0.25) is 0 Å². The number of nitrogens with zero attached hydrogens (tertiary/aromatic N) is 2. The Balaban J connectivity index is 1.95. The first-order chi connectivity index (χ1) is 12.1. The smallest absolute Gasteiger partial charge is 0.260 e. The van der Waals surface area contributed by atoms with Crippen LogP contribution in [0.2, 0.25) is 0 Å². The Bertz CT molecular complexity index is 850. The number of pyridine rings is 1. The largest absolute Gasteiger partial charge is 0.395 e. The van der Waals surface area contributed by atoms with Gasteiger partial charge in [0.15, 0.2) is 5.03 Å². The lowest BCUT2D eigenvalue weighted by molar-refractivity contribution is 0.155. The summed E-state index contributed by atoms with van der Waals surface area (Å²) in [6, 6.07) is 11.8. The number of aliphatic hydroxyl groups is 1. The van der Waals surface area contributed by atoms with E-state index < -0.39 is 10.0 Å². The van der Waals surface area contributed by atoms with E-state index in [-0.39, 0.29) is 17.7 Å². The van der Waals surface area contributed by atoms with Crippen molar-refractivity contribution >= 4 is 16.2 Å². The number of hydrogen-bond donors (Lipinski definition) is 2. The molecule has 25 heavy (non-hydrogen) atoms. The number of nitrogens with one attached hydrogen (secondary N) is 1. The Morgan fingerprint density at radius 2 is 1.96 bits per heavy atom. The number of aliphatic hydroxyl groups excluding tert-OH is 1. The molecule has 1 aromatic heterocycles. The van der Waals surface area contributed by atoms with Gasteiger partial charge in [-0.05, 0) is 30.5 Å². The van der Waals surface area contributed by atoms with Gasteiger partial charge in [-0.15, -0.1) is 0 Å². The fraction of sp³-hybridized carbons (Fsp3) is 0.333. The van der Waals surface area contributed by atoms with Crippen molar-refractivity contribution in [2.24, 2.45) is 0 Å². The average molecular weight is 359 g/mol. The molecule has 0 amide bonds. The van der Waals surface area contributed by atoms with E-state index in [0.29, 0.717) is 18.7 Å². The average Bonchev–Trinajstić information content (AvgIpc) is 2.68. The third-order valence-electron chi connectivity index (χ3n) is 4.45. The zero-order chi connectivity index (χ0) is 17.9. The van der Waals surface area contributed by atoms with E-state index in [0.717, 1.165) is 24.0 Å². The minimum Gasteiger partial charge on any atom is -0.395 e. The zero-order valence-corrected chi connectivity index (χ0v) is 14.6. The molecular formula is C18H21N3O3S. The summed E-state index contributed by atoms with van der Waals surface area (Å²) in [7, 11) is -3.74. The maximum Gasteiger partial charge on any atom is 0.260 e. The molecule has 2 N–H and O–H groups in total. The lowest BCUT2D eigenvalue weighted by Crippen LogP contribution is -2.45. The highest BCUT2D eigenvalue weighted by Crippen LogP contribution is 2.26. The predicted molar refractivity (Wildman–Crippen MR) is 96.2 cm³/mol. The third kappa shape index (κ3) is 3.63. The van der Waals surface area contributed by atoms with Crippen molar-refractivity contribution in [3.05, 3.63) is 48.0 Å². The van der Waals surface area contributed by atoms with Crippen molar-refractivity contribution in [3.8, 4) is 11.3 Å². The SMILES string of the molecule is N=Cc1ccc(-c2cccc(S(=O)(=O)N3CCCCC3CO)n2)cc1. The van der Waals surface area contributed by atoms with Gasteiger partial charge in [0.05, 0.1) is 12.3 Å². The lowest BCUT2D eigenvalue weighted by Gasteiger charge is -2.33. The molecule has 1 saturated heterocycles. The Kier molecular flexibility index (Phi) is 5.27. The number of sulfonamides is 1. The van der Waals surface area contributed by atoms with Crippen molar-refractivity contribution in [2.45, 2.75) is 30.3 Å². The Labute approximate surface area is 147 Å². The molecular weight excluding hydrogens is 338 g/mol. The minimum atomic E-state index is -3.74. The molecule has 2 heterocycles. The maximum atomic E-state index is 13.0. The van der Waals surface area contributed by atoms with E-state index in [9.17, 15) is 13.5 Å². The quantitative estimate of drug-likeness (QED) is 0.801. The van der Waals surface area contributed by atoms with Gasteiger partial charge in [0, 0.05) is 24.4 Å². The van der Waals surface area contributed by atoms with Crippen LogP contribution in [0, 0.1) is 5.41 Å². The fourth-order valence-electron chi connectivity index (χ4n) is 3.06. The van der Waals surface area contributed by atoms with E-state index in [4.69, 9.17) is 5.41 Å². The van der Waals surface area contributed by atoms with E-state index in [1.54, 1.807) is 24.3 Å². The first kappa shape index (κ1) is 17.7. The Morgan fingerprint density at radius 1 is 1.20 bits per heavy atom. The summed E-state index contributed by atoms with van der Waals surface area (Å²) < 4.78 is 27.3. The number of benzene rings is 1. The van der Waals surface area contributed by atoms with Gasteiger partial charge in [-0.25, -0.2) is 13.4 Å². The van der Waals surface area contributed by atoms with Crippen LogP contribution >= 0.6 is 0 Å². The first-order valence-corrected chi connectivity index (χ1v) is 9.71. The van der Waals surface area contributed by atoms with Crippen molar-refractivity contribution in [2.75, 3.05) is 13.2 Å². The van der Waals surface area contributed by atoms with Crippen molar-refractivity contribution in [1.29, 1.82) is 5.41 Å². The second-order valence-corrected chi connectivity index (χ2v) is 7.91. The van der Waals surface area contributed by atoms with Crippen LogP contribution in [0.3, 0.4) is 0 Å². The van der Waals surface area contributed by atoms with Crippen molar-refractivity contribution in [3.63, 3.8) is 0 Å². The molecule has 7 heteroatoms. The highest BCUT2D eigenvalue weighted by Gasteiger charge is 2.34. The van der Waals surface area contributed by atoms with Crippen molar-refractivity contribution < 1.29 is 13.5 Å². The normalized spacial score (nSPS) is 18.8. The highest BCUT2D eigenvalue weighted by molar-refractivity contribution is 7.89. The first-order valence-electron chi connectivity index (χ1n) is 8.27. The van der Waals surface area contributed by atoms with Crippen LogP contribution < -0.4 is 0 Å². The van der Waals surface area contributed by atoms with Gasteiger partial charge in [-0.1, -0.05) is 36.8 Å². The highest BCUT2D eigenvalue weighted by atomic mass is 32.2. The molecule has 0 bridgehead atoms. The van der Waals surface area contributed by atoms with E-state index in [1.165, 1.54) is 16.6 Å². The molecule has 6 nitrogen and oxygen atoms in total. The standard InChI is InChI=1S/C18H21N3O3S/c19-12-14-7-9-15(10-8-14)17-5-3-6-18(20-17)25(23,24)21-11-2-1-4-16(21)13-22/h3,5-10,12,16,19,22H,1-2,4,11,13H2. The summed E-state index contributed by atoms with van der Waals surface area (Å²) in [5.74, 6) is 0. The molecule has 0 radical (unpaired) electrons. The van der Waals surface area contributed by atoms with Crippen LogP contribution in [-0.2, 0) is 10.0 Å². The number of piperidine rings is 1. The predicted octanol–water partition coefficient (Wildman–Crippen LogP) is 2.28. The van der Waals surface area contributed by atoms with E-state index in [1.807, 2.05) is 12.1 Å². The summed E-state index contributed by atoms with van der Waals surface area (Å²) in [6.45, 7) is 0.234. The molecule has 1 aromatic carbocycles. The molecule has 132 valence electrons. The van der Waals surface area contributed by atoms with Gasteiger partial charge in [0.2, 0.25) is 0 Å². The van der Waals surface area contributed by atoms with Crippen LogP contribution in [0.25, 0.3) is 11.3 Å². The molecule has 1 unspecified atom stereocenters. The van der Waals surface area contributed by atoms with E-state index >= 15 is 0 Å². The lowest BCUT2D eigenvalue weighted by atomic mass is 10.1. The zero-order valence-electron chi connectivity index (χ0n) is 13.8. The summed E-state index contributed by atoms with van der Waals surface area (Å²) in [4.78, 5) is 4.35. The molecule has 1 atom stereocenters. The molecule has 1 fully saturated rings. The topological polar surface area (TPSA) is 94.4 Å². The van der Waals surface area contributed by atoms with Crippen LogP contribution in [-0.4, -0.2) is 48.2 Å². The molecule has 0 aliphatic carbocycles. The molecule has 1 aliphatic heterocycles. The molecule has 1 aliphatic rings. The van der Waals surface area contributed by atoms with Gasteiger partial charge < -0.3 is 10.5 Å². The fourth-order valence-corrected chi connectivity index (χ4v) is 4.70. The van der Waals surface area contributed by atoms with Crippen LogP contribution in [0.5, 0.6) is 0 Å². The molecule has 0 saturated carbocycles. The van der Waals surface area contributed by atoms with Gasteiger partial charge in [0.1, 0.15) is 0 Å². The summed E-state index contributed by atoms with van der Waals surface area (Å²) >= 11 is 0. The molecule has 2 aromatic rings. The van der Waals surface area contributed by atoms with Crippen molar-refractivity contribution in [1.82, 2.24) is 9.29 Å². The Hall–Kier alpha value is -2.09. The molecule has 3 rings (SSSR count). The molecule has 0 spiro atoms. The van der Waals surface area contributed by atoms with E-state index in [2.05, 4.69) is 4.98 Å². The Morgan fingerprint density at radius 3 is 2.64 bits per heavy atom. The maximum absolute atomic E-state index is 13.0. The number of hydrogen-bond acceptors (Lipinski definition) is 5. The number of aromatic nitrogens is 1. The summed E-state index contributed by atoms with van der Waals surface area (Å²) in [5, 5.41) is 16.7. The van der Waals surface area contributed by atoms with Gasteiger partial charge in [-0.2, -0.15) is 4.31 Å². The second kappa shape index (κ2) is 7.43. The minimum absolute atomic E-state index is 0.00137. The van der Waals surface area contributed by atoms with Gasteiger partial charge in [0.25, 0.3) is 10.0 Å². The summed E-state index contributed by atoms with van der Waals surface area (Å²) in [5.41, 5.74) is 2.13. The summed E-state index contributed by atoms with van der Waals surface area (Å²) in [6.07, 6.45) is 3.63. The third-order valence-corrected chi connectivity index (χ3v) is 6.31. The monoisotopic (exact) mass is 359 g/mol. The van der Waals surface area contributed by atoms with Crippen LogP contribution in [0.15, 0.2) is 47.5 Å². The van der Waals surface area contributed by atoms with Gasteiger partial charge >= 0.3 is 0 Å². The number of rotatable bonds is 5. The second-order valence-electron chi connectivity index (χ2n) is 6.08. The van der Waals surface area contributed by atoms with Crippen LogP contribution in [0.1, 0.15) is 24.8 Å². The van der Waals surface area contributed by atoms with Crippen LogP contribution in [0.4, 0.5) is 0 Å².